The van der Waals surface area contributed by atoms with Crippen molar-refractivity contribution in [1.29, 1.82) is 0 Å². The Hall–Kier alpha value is -1.75. The van der Waals surface area contributed by atoms with E-state index in [4.69, 9.17) is 4.42 Å². The van der Waals surface area contributed by atoms with Crippen molar-refractivity contribution in [3.63, 3.8) is 0 Å². The van der Waals surface area contributed by atoms with E-state index in [9.17, 15) is 0 Å². The molecule has 0 radical (unpaired) electrons. The zero-order valence-corrected chi connectivity index (χ0v) is 9.41. The first-order valence-corrected chi connectivity index (χ1v) is 6.02. The molecule has 1 aromatic carbocycles. The largest absolute Gasteiger partial charge is 0.430 e. The summed E-state index contributed by atoms with van der Waals surface area (Å²) >= 11 is 1.54. The fraction of sp³-hybridized carbons (Fsp3) is 0.0909. The summed E-state index contributed by atoms with van der Waals surface area (Å²) in [5, 5.41) is 0.819. The molecule has 80 valence electrons. The first kappa shape index (κ1) is 9.47. The number of oxazole rings is 1. The van der Waals surface area contributed by atoms with Crippen molar-refractivity contribution in [2.75, 3.05) is 6.26 Å². The van der Waals surface area contributed by atoms with Crippen LogP contribution >= 0.6 is 11.8 Å². The van der Waals surface area contributed by atoms with Crippen molar-refractivity contribution in [1.82, 2.24) is 15.0 Å². The Morgan fingerprint density at radius 3 is 3.06 bits per heavy atom. The van der Waals surface area contributed by atoms with Crippen molar-refractivity contribution >= 4 is 22.8 Å². The van der Waals surface area contributed by atoms with Gasteiger partial charge in [-0.1, -0.05) is 11.8 Å². The van der Waals surface area contributed by atoms with Gasteiger partial charge in [-0.05, 0) is 24.5 Å². The predicted molar refractivity (Wildman–Crippen MR) is 63.4 cm³/mol. The number of hydrogen-bond acceptors (Lipinski definition) is 4. The van der Waals surface area contributed by atoms with E-state index in [-0.39, 0.29) is 0 Å². The van der Waals surface area contributed by atoms with Gasteiger partial charge in [0.15, 0.2) is 5.09 Å². The van der Waals surface area contributed by atoms with Gasteiger partial charge >= 0.3 is 0 Å². The van der Waals surface area contributed by atoms with Gasteiger partial charge in [0.05, 0.1) is 23.6 Å². The van der Waals surface area contributed by atoms with Crippen LogP contribution in [0.3, 0.4) is 0 Å². The van der Waals surface area contributed by atoms with Crippen molar-refractivity contribution in [3.8, 4) is 11.5 Å². The van der Waals surface area contributed by atoms with Gasteiger partial charge < -0.3 is 9.40 Å². The van der Waals surface area contributed by atoms with E-state index >= 15 is 0 Å². The lowest BCUT2D eigenvalue weighted by Crippen LogP contribution is -1.77. The van der Waals surface area contributed by atoms with Crippen molar-refractivity contribution in [3.05, 3.63) is 30.7 Å². The van der Waals surface area contributed by atoms with Crippen LogP contribution in [0.4, 0.5) is 0 Å². The molecule has 0 amide bonds. The van der Waals surface area contributed by atoms with Crippen molar-refractivity contribution in [2.24, 2.45) is 0 Å². The Labute approximate surface area is 96.1 Å². The number of nitrogens with one attached hydrogen (secondary N) is 1. The number of hydrogen-bond donors (Lipinski definition) is 1. The van der Waals surface area contributed by atoms with Gasteiger partial charge in [-0.15, -0.1) is 0 Å². The van der Waals surface area contributed by atoms with Gasteiger partial charge in [0.2, 0.25) is 5.89 Å². The van der Waals surface area contributed by atoms with E-state index in [2.05, 4.69) is 15.0 Å². The summed E-state index contributed by atoms with van der Waals surface area (Å²) in [7, 11) is 0. The van der Waals surface area contributed by atoms with Gasteiger partial charge in [0.25, 0.3) is 0 Å². The smallest absolute Gasteiger partial charge is 0.227 e. The minimum Gasteiger partial charge on any atom is -0.430 e. The summed E-state index contributed by atoms with van der Waals surface area (Å²) in [6, 6.07) is 5.89. The van der Waals surface area contributed by atoms with Crippen LogP contribution in [0.1, 0.15) is 0 Å². The number of thioether (sulfide) groups is 1. The molecule has 0 saturated heterocycles. The third kappa shape index (κ3) is 1.49. The van der Waals surface area contributed by atoms with E-state index in [1.54, 1.807) is 24.3 Å². The van der Waals surface area contributed by atoms with E-state index in [1.165, 1.54) is 0 Å². The molecule has 5 heteroatoms. The fourth-order valence-corrected chi connectivity index (χ4v) is 1.88. The lowest BCUT2D eigenvalue weighted by Gasteiger charge is -1.95. The standard InChI is InChI=1S/C11H9N3OS/c1-16-10-5-12-11(15-10)7-2-3-8-9(4-7)14-6-13-8/h2-6H,1H3,(H,13,14). The minimum atomic E-state index is 0.640. The van der Waals surface area contributed by atoms with E-state index in [0.29, 0.717) is 5.89 Å². The molecular weight excluding hydrogens is 222 g/mol. The molecular formula is C11H9N3OS. The first-order chi connectivity index (χ1) is 7.86. The molecule has 0 bridgehead atoms. The summed E-state index contributed by atoms with van der Waals surface area (Å²) in [4.78, 5) is 11.5. The Morgan fingerprint density at radius 1 is 1.31 bits per heavy atom. The lowest BCUT2D eigenvalue weighted by molar-refractivity contribution is 0.485. The molecule has 0 aliphatic carbocycles. The van der Waals surface area contributed by atoms with Crippen LogP contribution in [0.25, 0.3) is 22.5 Å². The highest BCUT2D eigenvalue weighted by Crippen LogP contribution is 2.25. The maximum Gasteiger partial charge on any atom is 0.227 e. The van der Waals surface area contributed by atoms with E-state index in [0.717, 1.165) is 21.7 Å². The second kappa shape index (κ2) is 3.68. The molecule has 2 heterocycles. The molecule has 16 heavy (non-hydrogen) atoms. The maximum absolute atomic E-state index is 5.56. The molecule has 3 rings (SSSR count). The van der Waals surface area contributed by atoms with Crippen LogP contribution in [0.15, 0.2) is 40.2 Å². The maximum atomic E-state index is 5.56. The molecule has 0 atom stereocenters. The molecule has 0 fully saturated rings. The van der Waals surface area contributed by atoms with Gasteiger partial charge in [-0.25, -0.2) is 9.97 Å². The number of aromatic nitrogens is 3. The third-order valence-electron chi connectivity index (χ3n) is 2.35. The highest BCUT2D eigenvalue weighted by atomic mass is 32.2. The number of fused-ring (bicyclic) bond motifs is 1. The van der Waals surface area contributed by atoms with Crippen molar-refractivity contribution in [2.45, 2.75) is 5.09 Å². The molecule has 0 aliphatic heterocycles. The summed E-state index contributed by atoms with van der Waals surface area (Å²) in [6.07, 6.45) is 5.37. The monoisotopic (exact) mass is 231 g/mol. The molecule has 0 spiro atoms. The second-order valence-electron chi connectivity index (χ2n) is 3.32. The summed E-state index contributed by atoms with van der Waals surface area (Å²) < 4.78 is 5.56. The van der Waals surface area contributed by atoms with Crippen molar-refractivity contribution < 1.29 is 4.42 Å². The van der Waals surface area contributed by atoms with Gasteiger partial charge in [0.1, 0.15) is 0 Å². The number of benzene rings is 1. The fourth-order valence-electron chi connectivity index (χ4n) is 1.56. The predicted octanol–water partition coefficient (Wildman–Crippen LogP) is 2.94. The van der Waals surface area contributed by atoms with Gasteiger partial charge in [-0.3, -0.25) is 0 Å². The normalized spacial score (nSPS) is 11.1. The first-order valence-electron chi connectivity index (χ1n) is 4.80. The average Bonchev–Trinajstić information content (AvgIpc) is 2.96. The highest BCUT2D eigenvalue weighted by molar-refractivity contribution is 7.98. The van der Waals surface area contributed by atoms with E-state index < -0.39 is 0 Å². The molecule has 0 unspecified atom stereocenters. The number of aromatic amines is 1. The number of nitrogens with zero attached hydrogens (tertiary/aromatic N) is 2. The van der Waals surface area contributed by atoms with Crippen LogP contribution in [0.5, 0.6) is 0 Å². The van der Waals surface area contributed by atoms with Gasteiger partial charge in [0, 0.05) is 5.56 Å². The molecule has 2 aromatic heterocycles. The van der Waals surface area contributed by atoms with Crippen LogP contribution in [-0.2, 0) is 0 Å². The lowest BCUT2D eigenvalue weighted by atomic mass is 10.2. The number of imidazole rings is 1. The number of H-pyrrole nitrogens is 1. The average molecular weight is 231 g/mol. The molecule has 0 saturated carbocycles. The Kier molecular flexibility index (Phi) is 2.18. The quantitative estimate of drug-likeness (QED) is 0.689. The zero-order valence-electron chi connectivity index (χ0n) is 8.60. The van der Waals surface area contributed by atoms with Gasteiger partial charge in [-0.2, -0.15) is 0 Å². The second-order valence-corrected chi connectivity index (χ2v) is 4.13. The van der Waals surface area contributed by atoms with Crippen LogP contribution in [-0.4, -0.2) is 21.2 Å². The Balaban J connectivity index is 2.10. The summed E-state index contributed by atoms with van der Waals surface area (Å²) in [5.74, 6) is 0.640. The minimum absolute atomic E-state index is 0.640. The van der Waals surface area contributed by atoms with E-state index in [1.807, 2.05) is 24.5 Å². The van der Waals surface area contributed by atoms with Crippen LogP contribution < -0.4 is 0 Å². The molecule has 4 nitrogen and oxygen atoms in total. The Bertz CT molecular complexity index is 629. The number of rotatable bonds is 2. The van der Waals surface area contributed by atoms with Crippen LogP contribution in [0, 0.1) is 0 Å². The van der Waals surface area contributed by atoms with Crippen LogP contribution in [0.2, 0.25) is 0 Å². The molecule has 0 aliphatic rings. The summed E-state index contributed by atoms with van der Waals surface area (Å²) in [5.41, 5.74) is 2.89. The molecule has 3 aromatic rings. The zero-order chi connectivity index (χ0) is 11.0. The SMILES string of the molecule is CSc1cnc(-c2ccc3nc[nH]c3c2)o1. The summed E-state index contributed by atoms with van der Waals surface area (Å²) in [6.45, 7) is 0. The highest BCUT2D eigenvalue weighted by Gasteiger charge is 2.07. The Morgan fingerprint density at radius 2 is 2.25 bits per heavy atom. The third-order valence-corrected chi connectivity index (χ3v) is 2.94. The topological polar surface area (TPSA) is 54.7 Å². The molecule has 1 N–H and O–H groups in total.